The van der Waals surface area contributed by atoms with Crippen LogP contribution in [0.3, 0.4) is 0 Å². The molecule has 0 N–H and O–H groups in total. The van der Waals surface area contributed by atoms with E-state index < -0.39 is 16.2 Å². The lowest BCUT2D eigenvalue weighted by Crippen LogP contribution is -2.55. The number of carbonyl (C=O) groups is 1. The van der Waals surface area contributed by atoms with E-state index in [1.807, 2.05) is 39.1 Å². The Kier molecular flexibility index (Phi) is 6.74. The molecule has 0 amide bonds. The van der Waals surface area contributed by atoms with Crippen molar-refractivity contribution in [2.24, 2.45) is 0 Å². The third kappa shape index (κ3) is 4.80. The summed E-state index contributed by atoms with van der Waals surface area (Å²) in [5.74, 6) is -0.483. The molecule has 1 atom stereocenters. The molecule has 0 radical (unpaired) electrons. The monoisotopic (exact) mass is 432 g/mol. The molecule has 3 rings (SSSR count). The number of aromatic nitrogens is 1. The number of anilines is 1. The van der Waals surface area contributed by atoms with Crippen LogP contribution in [0.15, 0.2) is 42.6 Å². The molecule has 0 aliphatic carbocycles. The maximum absolute atomic E-state index is 13.6. The minimum absolute atomic E-state index is 0.0635. The molecule has 8 nitrogen and oxygen atoms in total. The number of rotatable bonds is 6. The van der Waals surface area contributed by atoms with Crippen LogP contribution in [0.4, 0.5) is 5.69 Å². The molecular weight excluding hydrogens is 404 g/mol. The predicted octanol–water partition coefficient (Wildman–Crippen LogP) is 2.06. The second-order valence-corrected chi connectivity index (χ2v) is 9.42. The largest absolute Gasteiger partial charge is 0.465 e. The van der Waals surface area contributed by atoms with E-state index in [0.29, 0.717) is 36.6 Å². The van der Waals surface area contributed by atoms with Crippen LogP contribution in [0.25, 0.3) is 0 Å². The van der Waals surface area contributed by atoms with Crippen LogP contribution in [0.5, 0.6) is 0 Å². The second-order valence-electron chi connectivity index (χ2n) is 7.57. The Balaban J connectivity index is 1.94. The zero-order valence-electron chi connectivity index (χ0n) is 17.8. The highest BCUT2D eigenvalue weighted by atomic mass is 32.2. The number of ether oxygens (including phenoxy) is 1. The summed E-state index contributed by atoms with van der Waals surface area (Å²) < 4.78 is 34.8. The molecule has 2 aromatic rings. The van der Waals surface area contributed by atoms with Crippen molar-refractivity contribution in [1.82, 2.24) is 14.2 Å². The summed E-state index contributed by atoms with van der Waals surface area (Å²) in [5, 5.41) is 0. The summed E-state index contributed by atoms with van der Waals surface area (Å²) >= 11 is 0. The zero-order chi connectivity index (χ0) is 21.9. The van der Waals surface area contributed by atoms with Gasteiger partial charge in [0.05, 0.1) is 30.6 Å². The molecule has 1 aromatic heterocycles. The standard InChI is InChI=1S/C21H28N4O4S/c1-16-6-5-7-20(12-16)25(15-19-9-8-18(13-22-19)21(26)29-4)30(27,28)24-11-10-23(3)17(2)14-24/h5-9,12-13,17H,10-11,14-15H2,1-4H3/t17-/m1/s1. The number of hydrogen-bond acceptors (Lipinski definition) is 6. The summed E-state index contributed by atoms with van der Waals surface area (Å²) in [6.07, 6.45) is 1.40. The van der Waals surface area contributed by atoms with Crippen molar-refractivity contribution in [2.75, 3.05) is 38.1 Å². The highest BCUT2D eigenvalue weighted by molar-refractivity contribution is 7.90. The summed E-state index contributed by atoms with van der Waals surface area (Å²) in [5.41, 5.74) is 2.41. The van der Waals surface area contributed by atoms with Gasteiger partial charge < -0.3 is 9.64 Å². The van der Waals surface area contributed by atoms with Crippen molar-refractivity contribution >= 4 is 21.9 Å². The highest BCUT2D eigenvalue weighted by Gasteiger charge is 2.34. The van der Waals surface area contributed by atoms with E-state index in [2.05, 4.69) is 9.88 Å². The number of nitrogens with zero attached hydrogens (tertiary/aromatic N) is 4. The topological polar surface area (TPSA) is 83.0 Å². The zero-order valence-corrected chi connectivity index (χ0v) is 18.6. The Bertz CT molecular complexity index is 994. The minimum atomic E-state index is -3.77. The summed E-state index contributed by atoms with van der Waals surface area (Å²) in [7, 11) is -0.467. The van der Waals surface area contributed by atoms with E-state index in [-0.39, 0.29) is 12.6 Å². The van der Waals surface area contributed by atoms with Gasteiger partial charge in [-0.2, -0.15) is 12.7 Å². The number of carbonyl (C=O) groups excluding carboxylic acids is 1. The molecule has 9 heteroatoms. The number of esters is 1. The van der Waals surface area contributed by atoms with Gasteiger partial charge in [0.1, 0.15) is 0 Å². The number of hydrogen-bond donors (Lipinski definition) is 0. The molecular formula is C21H28N4O4S. The summed E-state index contributed by atoms with van der Waals surface area (Å²) in [4.78, 5) is 18.1. The molecule has 1 aromatic carbocycles. The van der Waals surface area contributed by atoms with E-state index in [9.17, 15) is 13.2 Å². The molecule has 1 fully saturated rings. The first-order valence-electron chi connectivity index (χ1n) is 9.80. The first-order valence-corrected chi connectivity index (χ1v) is 11.2. The second kappa shape index (κ2) is 9.11. The van der Waals surface area contributed by atoms with Crippen molar-refractivity contribution in [3.05, 3.63) is 59.4 Å². The first-order chi connectivity index (χ1) is 14.2. The van der Waals surface area contributed by atoms with Crippen molar-refractivity contribution in [3.8, 4) is 0 Å². The first kappa shape index (κ1) is 22.2. The molecule has 0 spiro atoms. The Labute approximate surface area is 178 Å². The Hall–Kier alpha value is -2.49. The fraction of sp³-hybridized carbons (Fsp3) is 0.429. The van der Waals surface area contributed by atoms with Gasteiger partial charge in [-0.15, -0.1) is 0 Å². The average Bonchev–Trinajstić information content (AvgIpc) is 2.73. The van der Waals surface area contributed by atoms with Gasteiger partial charge in [-0.1, -0.05) is 12.1 Å². The molecule has 1 aliphatic rings. The van der Waals surface area contributed by atoms with Crippen LogP contribution in [0, 0.1) is 6.92 Å². The molecule has 0 bridgehead atoms. The number of piperazine rings is 1. The van der Waals surface area contributed by atoms with Gasteiger partial charge in [0.25, 0.3) is 0 Å². The molecule has 30 heavy (non-hydrogen) atoms. The van der Waals surface area contributed by atoms with E-state index in [1.54, 1.807) is 18.2 Å². The average molecular weight is 433 g/mol. The molecule has 2 heterocycles. The van der Waals surface area contributed by atoms with Crippen LogP contribution < -0.4 is 4.31 Å². The van der Waals surface area contributed by atoms with Gasteiger partial charge in [-0.05, 0) is 50.7 Å². The lowest BCUT2D eigenvalue weighted by Gasteiger charge is -2.39. The third-order valence-electron chi connectivity index (χ3n) is 5.37. The normalized spacial score (nSPS) is 18.2. The smallest absolute Gasteiger partial charge is 0.339 e. The van der Waals surface area contributed by atoms with E-state index in [1.165, 1.54) is 21.9 Å². The molecule has 0 unspecified atom stereocenters. The third-order valence-corrected chi connectivity index (χ3v) is 7.25. The van der Waals surface area contributed by atoms with Crippen LogP contribution >= 0.6 is 0 Å². The van der Waals surface area contributed by atoms with Crippen molar-refractivity contribution < 1.29 is 17.9 Å². The lowest BCUT2D eigenvalue weighted by molar-refractivity contribution is 0.0600. The van der Waals surface area contributed by atoms with Crippen LogP contribution in [-0.2, 0) is 21.5 Å². The molecule has 1 saturated heterocycles. The highest BCUT2D eigenvalue weighted by Crippen LogP contribution is 2.25. The van der Waals surface area contributed by atoms with Gasteiger partial charge in [-0.3, -0.25) is 9.29 Å². The molecule has 0 saturated carbocycles. The van der Waals surface area contributed by atoms with E-state index >= 15 is 0 Å². The number of pyridine rings is 1. The Morgan fingerprint density at radius 2 is 2.03 bits per heavy atom. The van der Waals surface area contributed by atoms with Gasteiger partial charge in [-0.25, -0.2) is 4.79 Å². The van der Waals surface area contributed by atoms with Gasteiger partial charge in [0, 0.05) is 31.9 Å². The van der Waals surface area contributed by atoms with Crippen molar-refractivity contribution in [3.63, 3.8) is 0 Å². The molecule has 1 aliphatic heterocycles. The van der Waals surface area contributed by atoms with Crippen LogP contribution in [-0.4, -0.2) is 68.4 Å². The number of likely N-dealkylation sites (N-methyl/N-ethyl adjacent to an activating group) is 1. The fourth-order valence-electron chi connectivity index (χ4n) is 3.36. The Morgan fingerprint density at radius 3 is 2.63 bits per heavy atom. The summed E-state index contributed by atoms with van der Waals surface area (Å²) in [6.45, 7) is 5.54. The molecule has 162 valence electrons. The van der Waals surface area contributed by atoms with Gasteiger partial charge >= 0.3 is 16.2 Å². The van der Waals surface area contributed by atoms with Gasteiger partial charge in [0.2, 0.25) is 0 Å². The van der Waals surface area contributed by atoms with Crippen LogP contribution in [0.1, 0.15) is 28.5 Å². The summed E-state index contributed by atoms with van der Waals surface area (Å²) in [6, 6.07) is 10.8. The number of methoxy groups -OCH3 is 1. The maximum atomic E-state index is 13.6. The minimum Gasteiger partial charge on any atom is -0.465 e. The fourth-order valence-corrected chi connectivity index (χ4v) is 5.03. The quantitative estimate of drug-likeness (QED) is 0.650. The lowest BCUT2D eigenvalue weighted by atomic mass is 10.2. The van der Waals surface area contributed by atoms with Crippen molar-refractivity contribution in [2.45, 2.75) is 26.4 Å². The van der Waals surface area contributed by atoms with Gasteiger partial charge in [0.15, 0.2) is 0 Å². The predicted molar refractivity (Wildman–Crippen MR) is 116 cm³/mol. The van der Waals surface area contributed by atoms with Crippen molar-refractivity contribution in [1.29, 1.82) is 0 Å². The SMILES string of the molecule is COC(=O)c1ccc(CN(c2cccc(C)c2)S(=O)(=O)N2CCN(C)[C@H](C)C2)nc1. The van der Waals surface area contributed by atoms with Crippen LogP contribution in [0.2, 0.25) is 0 Å². The maximum Gasteiger partial charge on any atom is 0.339 e. The number of aryl methyl sites for hydroxylation is 1. The Morgan fingerprint density at radius 1 is 1.27 bits per heavy atom. The number of benzene rings is 1. The van der Waals surface area contributed by atoms with E-state index in [0.717, 1.165) is 5.56 Å². The van der Waals surface area contributed by atoms with E-state index in [4.69, 9.17) is 4.74 Å².